The largest absolute Gasteiger partial charge is 0.303 e. The third-order valence-electron chi connectivity index (χ3n) is 1.48. The Bertz CT molecular complexity index is 212. The molecule has 1 N–H and O–H groups in total. The lowest BCUT2D eigenvalue weighted by Crippen LogP contribution is -2.17. The van der Waals surface area contributed by atoms with E-state index in [-0.39, 0.29) is 0 Å². The predicted molar refractivity (Wildman–Crippen MR) is 41.8 cm³/mol. The normalized spacial score (nSPS) is 16.4. The molecule has 0 bridgehead atoms. The summed E-state index contributed by atoms with van der Waals surface area (Å²) in [5.74, 6) is 0.990. The Kier molecular flexibility index (Phi) is 1.61. The fourth-order valence-corrected chi connectivity index (χ4v) is 1.80. The molecular weight excluding hydrogens is 144 g/mol. The molecule has 2 nitrogen and oxygen atoms in total. The van der Waals surface area contributed by atoms with E-state index in [1.54, 1.807) is 11.8 Å². The van der Waals surface area contributed by atoms with E-state index in [9.17, 15) is 0 Å². The van der Waals surface area contributed by atoms with Gasteiger partial charge in [-0.1, -0.05) is 17.8 Å². The summed E-state index contributed by atoms with van der Waals surface area (Å²) in [6.07, 6.45) is 1.84. The SMILES string of the molecule is c1cnc2c(c1)CNCS2. The zero-order valence-corrected chi connectivity index (χ0v) is 6.32. The van der Waals surface area contributed by atoms with E-state index in [0.29, 0.717) is 0 Å². The van der Waals surface area contributed by atoms with Crippen LogP contribution in [0.2, 0.25) is 0 Å². The van der Waals surface area contributed by atoms with Gasteiger partial charge in [-0.25, -0.2) is 4.98 Å². The van der Waals surface area contributed by atoms with E-state index in [1.165, 1.54) is 10.6 Å². The molecule has 0 atom stereocenters. The Morgan fingerprint density at radius 1 is 1.60 bits per heavy atom. The van der Waals surface area contributed by atoms with Crippen LogP contribution >= 0.6 is 11.8 Å². The molecule has 1 aliphatic heterocycles. The first-order valence-electron chi connectivity index (χ1n) is 3.24. The Morgan fingerprint density at radius 3 is 3.50 bits per heavy atom. The Balaban J connectivity index is 2.41. The predicted octanol–water partition coefficient (Wildman–Crippen LogP) is 1.23. The van der Waals surface area contributed by atoms with E-state index in [0.717, 1.165) is 12.4 Å². The van der Waals surface area contributed by atoms with Crippen molar-refractivity contribution < 1.29 is 0 Å². The van der Waals surface area contributed by atoms with E-state index >= 15 is 0 Å². The van der Waals surface area contributed by atoms with Crippen molar-refractivity contribution in [1.29, 1.82) is 0 Å². The van der Waals surface area contributed by atoms with Crippen LogP contribution in [0.4, 0.5) is 0 Å². The molecule has 52 valence electrons. The molecular formula is C7H8N2S. The minimum atomic E-state index is 0.968. The molecule has 1 aromatic rings. The number of pyridine rings is 1. The summed E-state index contributed by atoms with van der Waals surface area (Å²) in [5, 5.41) is 4.45. The first-order chi connectivity index (χ1) is 4.97. The maximum Gasteiger partial charge on any atom is 0.102 e. The molecule has 0 saturated carbocycles. The van der Waals surface area contributed by atoms with Gasteiger partial charge in [-0.2, -0.15) is 0 Å². The fraction of sp³-hybridized carbons (Fsp3) is 0.286. The van der Waals surface area contributed by atoms with Gasteiger partial charge in [0.05, 0.1) is 0 Å². The lowest BCUT2D eigenvalue weighted by atomic mass is 10.3. The van der Waals surface area contributed by atoms with Gasteiger partial charge in [0, 0.05) is 18.6 Å². The van der Waals surface area contributed by atoms with Crippen molar-refractivity contribution in [2.45, 2.75) is 11.6 Å². The summed E-state index contributed by atoms with van der Waals surface area (Å²) < 4.78 is 0. The van der Waals surface area contributed by atoms with Crippen molar-refractivity contribution in [2.75, 3.05) is 5.88 Å². The third kappa shape index (κ3) is 1.02. The van der Waals surface area contributed by atoms with E-state index in [2.05, 4.69) is 16.4 Å². The standard InChI is InChI=1S/C7H8N2S/c1-2-6-4-8-5-10-7(6)9-3-1/h1-3,8H,4-5H2. The summed E-state index contributed by atoms with van der Waals surface area (Å²) in [4.78, 5) is 4.24. The summed E-state index contributed by atoms with van der Waals surface area (Å²) in [7, 11) is 0. The minimum absolute atomic E-state index is 0.968. The zero-order chi connectivity index (χ0) is 6.81. The van der Waals surface area contributed by atoms with Crippen LogP contribution in [0.25, 0.3) is 0 Å². The number of fused-ring (bicyclic) bond motifs is 1. The van der Waals surface area contributed by atoms with E-state index in [4.69, 9.17) is 0 Å². The van der Waals surface area contributed by atoms with Crippen molar-refractivity contribution in [3.63, 3.8) is 0 Å². The number of nitrogens with one attached hydrogen (secondary N) is 1. The van der Waals surface area contributed by atoms with Gasteiger partial charge in [-0.15, -0.1) is 0 Å². The monoisotopic (exact) mass is 152 g/mol. The third-order valence-corrected chi connectivity index (χ3v) is 2.47. The van der Waals surface area contributed by atoms with Gasteiger partial charge in [0.2, 0.25) is 0 Å². The molecule has 1 aromatic heterocycles. The Morgan fingerprint density at radius 2 is 2.60 bits per heavy atom. The highest BCUT2D eigenvalue weighted by Crippen LogP contribution is 2.21. The second kappa shape index (κ2) is 2.60. The van der Waals surface area contributed by atoms with Crippen LogP contribution in [0.15, 0.2) is 23.4 Å². The average molecular weight is 152 g/mol. The molecule has 2 heterocycles. The molecule has 10 heavy (non-hydrogen) atoms. The number of hydrogen-bond acceptors (Lipinski definition) is 3. The van der Waals surface area contributed by atoms with Crippen molar-refractivity contribution in [2.24, 2.45) is 0 Å². The number of aromatic nitrogens is 1. The quantitative estimate of drug-likeness (QED) is 0.605. The van der Waals surface area contributed by atoms with Gasteiger partial charge in [0.15, 0.2) is 0 Å². The molecule has 0 fully saturated rings. The lowest BCUT2D eigenvalue weighted by Gasteiger charge is -2.13. The smallest absolute Gasteiger partial charge is 0.102 e. The van der Waals surface area contributed by atoms with Crippen molar-refractivity contribution in [3.05, 3.63) is 23.9 Å². The Hall–Kier alpha value is -0.540. The highest BCUT2D eigenvalue weighted by Gasteiger charge is 2.07. The van der Waals surface area contributed by atoms with Gasteiger partial charge in [0.1, 0.15) is 5.03 Å². The van der Waals surface area contributed by atoms with Crippen LogP contribution in [0, 0.1) is 0 Å². The van der Waals surface area contributed by atoms with Crippen LogP contribution in [-0.2, 0) is 6.54 Å². The van der Waals surface area contributed by atoms with E-state index in [1.807, 2.05) is 12.3 Å². The van der Waals surface area contributed by atoms with Crippen LogP contribution in [0.5, 0.6) is 0 Å². The molecule has 1 aliphatic rings. The van der Waals surface area contributed by atoms with E-state index < -0.39 is 0 Å². The first kappa shape index (κ1) is 6.19. The molecule has 0 aromatic carbocycles. The number of nitrogens with zero attached hydrogens (tertiary/aromatic N) is 1. The molecule has 0 radical (unpaired) electrons. The van der Waals surface area contributed by atoms with Crippen LogP contribution in [0.3, 0.4) is 0 Å². The fourth-order valence-electron chi connectivity index (χ4n) is 0.994. The second-order valence-corrected chi connectivity index (χ2v) is 3.15. The van der Waals surface area contributed by atoms with Crippen molar-refractivity contribution in [1.82, 2.24) is 10.3 Å². The summed E-state index contributed by atoms with van der Waals surface area (Å²) >= 11 is 1.77. The van der Waals surface area contributed by atoms with Crippen LogP contribution < -0.4 is 5.32 Å². The van der Waals surface area contributed by atoms with Gasteiger partial charge >= 0.3 is 0 Å². The topological polar surface area (TPSA) is 24.9 Å². The maximum absolute atomic E-state index is 4.24. The molecule has 0 unspecified atom stereocenters. The van der Waals surface area contributed by atoms with Crippen molar-refractivity contribution in [3.8, 4) is 0 Å². The zero-order valence-electron chi connectivity index (χ0n) is 5.50. The molecule has 0 saturated heterocycles. The molecule has 3 heteroatoms. The van der Waals surface area contributed by atoms with Gasteiger partial charge < -0.3 is 5.32 Å². The summed E-state index contributed by atoms with van der Waals surface area (Å²) in [6.45, 7) is 0.968. The van der Waals surface area contributed by atoms with Crippen LogP contribution in [0.1, 0.15) is 5.56 Å². The van der Waals surface area contributed by atoms with Gasteiger partial charge in [0.25, 0.3) is 0 Å². The molecule has 2 rings (SSSR count). The second-order valence-electron chi connectivity index (χ2n) is 2.18. The molecule has 0 spiro atoms. The highest BCUT2D eigenvalue weighted by molar-refractivity contribution is 7.99. The summed E-state index contributed by atoms with van der Waals surface area (Å²) in [5.41, 5.74) is 1.32. The number of thioether (sulfide) groups is 1. The number of hydrogen-bond donors (Lipinski definition) is 1. The average Bonchev–Trinajstić information content (AvgIpc) is 2.05. The van der Waals surface area contributed by atoms with Gasteiger partial charge in [-0.05, 0) is 11.6 Å². The van der Waals surface area contributed by atoms with Crippen LogP contribution in [-0.4, -0.2) is 10.9 Å². The minimum Gasteiger partial charge on any atom is -0.303 e. The number of rotatable bonds is 0. The first-order valence-corrected chi connectivity index (χ1v) is 4.23. The Labute approximate surface area is 64.0 Å². The van der Waals surface area contributed by atoms with Crippen molar-refractivity contribution >= 4 is 11.8 Å². The summed E-state index contributed by atoms with van der Waals surface area (Å²) in [6, 6.07) is 4.09. The lowest BCUT2D eigenvalue weighted by molar-refractivity contribution is 0.751. The maximum atomic E-state index is 4.24. The van der Waals surface area contributed by atoms with Gasteiger partial charge in [-0.3, -0.25) is 0 Å². The molecule has 0 amide bonds. The molecule has 0 aliphatic carbocycles. The highest BCUT2D eigenvalue weighted by atomic mass is 32.2.